The van der Waals surface area contributed by atoms with Crippen LogP contribution in [0.25, 0.3) is 0 Å². The first-order valence-corrected chi connectivity index (χ1v) is 4.40. The molecule has 0 aliphatic rings. The lowest BCUT2D eigenvalue weighted by Gasteiger charge is -1.96. The largest absolute Gasteiger partial charge is 0.459 e. The summed E-state index contributed by atoms with van der Waals surface area (Å²) in [7, 11) is 0. The molecule has 0 spiro atoms. The Labute approximate surface area is 81.4 Å². The van der Waals surface area contributed by atoms with Crippen molar-refractivity contribution >= 4 is 17.5 Å². The third kappa shape index (κ3) is 3.34. The van der Waals surface area contributed by atoms with Crippen molar-refractivity contribution in [2.45, 2.75) is 0 Å². The fourth-order valence-corrected chi connectivity index (χ4v) is 0.919. The van der Waals surface area contributed by atoms with Crippen LogP contribution in [-0.4, -0.2) is 18.3 Å². The summed E-state index contributed by atoms with van der Waals surface area (Å²) < 4.78 is 4.89. The Bertz CT molecular complexity index is 280. The Morgan fingerprint density at radius 2 is 2.46 bits per heavy atom. The molecule has 0 radical (unpaired) electrons. The minimum atomic E-state index is -0.218. The minimum Gasteiger partial charge on any atom is -0.459 e. The standard InChI is InChI=1S/C9H10ClNO2/c10-5-1-2-6-11-9(12)8-4-3-7-13-8/h1-4,7H,5-6H2,(H,11,12)/b2-1+. The number of furan rings is 1. The molecule has 70 valence electrons. The van der Waals surface area contributed by atoms with E-state index in [1.54, 1.807) is 24.3 Å². The van der Waals surface area contributed by atoms with Gasteiger partial charge in [0.2, 0.25) is 0 Å². The summed E-state index contributed by atoms with van der Waals surface area (Å²) in [6.45, 7) is 0.465. The van der Waals surface area contributed by atoms with Gasteiger partial charge in [-0.1, -0.05) is 12.2 Å². The maximum atomic E-state index is 11.2. The van der Waals surface area contributed by atoms with Gasteiger partial charge in [0.15, 0.2) is 5.76 Å². The molecule has 0 bridgehead atoms. The summed E-state index contributed by atoms with van der Waals surface area (Å²) in [5.41, 5.74) is 0. The monoisotopic (exact) mass is 199 g/mol. The van der Waals surface area contributed by atoms with Gasteiger partial charge in [-0.15, -0.1) is 11.6 Å². The topological polar surface area (TPSA) is 42.2 Å². The van der Waals surface area contributed by atoms with Crippen molar-refractivity contribution in [3.8, 4) is 0 Å². The van der Waals surface area contributed by atoms with Gasteiger partial charge in [0, 0.05) is 12.4 Å². The van der Waals surface area contributed by atoms with Crippen LogP contribution >= 0.6 is 11.6 Å². The highest BCUT2D eigenvalue weighted by Gasteiger charge is 2.04. The lowest BCUT2D eigenvalue weighted by molar-refractivity contribution is 0.0930. The van der Waals surface area contributed by atoms with Crippen LogP contribution in [0.1, 0.15) is 10.6 Å². The van der Waals surface area contributed by atoms with E-state index in [2.05, 4.69) is 5.32 Å². The summed E-state index contributed by atoms with van der Waals surface area (Å²) in [4.78, 5) is 11.2. The molecule has 1 N–H and O–H groups in total. The van der Waals surface area contributed by atoms with Crippen molar-refractivity contribution in [2.24, 2.45) is 0 Å². The first kappa shape index (κ1) is 9.86. The average Bonchev–Trinajstić information content (AvgIpc) is 2.65. The Morgan fingerprint density at radius 3 is 3.08 bits per heavy atom. The predicted octanol–water partition coefficient (Wildman–Crippen LogP) is 1.80. The highest BCUT2D eigenvalue weighted by molar-refractivity contribution is 6.18. The molecule has 1 amide bonds. The molecule has 3 nitrogen and oxygen atoms in total. The van der Waals surface area contributed by atoms with Gasteiger partial charge in [-0.3, -0.25) is 4.79 Å². The molecule has 0 saturated carbocycles. The maximum absolute atomic E-state index is 11.2. The van der Waals surface area contributed by atoms with Gasteiger partial charge >= 0.3 is 0 Å². The number of carbonyl (C=O) groups excluding carboxylic acids is 1. The summed E-state index contributed by atoms with van der Waals surface area (Å²) in [5.74, 6) is 0.555. The van der Waals surface area contributed by atoms with Crippen LogP contribution in [0.15, 0.2) is 35.0 Å². The van der Waals surface area contributed by atoms with Gasteiger partial charge in [0.1, 0.15) is 0 Å². The van der Waals surface area contributed by atoms with Crippen molar-refractivity contribution in [1.82, 2.24) is 5.32 Å². The van der Waals surface area contributed by atoms with Crippen molar-refractivity contribution in [3.05, 3.63) is 36.3 Å². The number of halogens is 1. The molecular weight excluding hydrogens is 190 g/mol. The molecule has 0 atom stereocenters. The van der Waals surface area contributed by atoms with E-state index in [1.165, 1.54) is 6.26 Å². The number of nitrogens with one attached hydrogen (secondary N) is 1. The van der Waals surface area contributed by atoms with E-state index in [1.807, 2.05) is 0 Å². The quantitative estimate of drug-likeness (QED) is 0.594. The average molecular weight is 200 g/mol. The van der Waals surface area contributed by atoms with Crippen LogP contribution in [0, 0.1) is 0 Å². The van der Waals surface area contributed by atoms with E-state index in [9.17, 15) is 4.79 Å². The lowest BCUT2D eigenvalue weighted by atomic mass is 10.4. The Morgan fingerprint density at radius 1 is 1.62 bits per heavy atom. The summed E-state index contributed by atoms with van der Waals surface area (Å²) in [6, 6.07) is 3.28. The number of hydrogen-bond acceptors (Lipinski definition) is 2. The molecule has 0 unspecified atom stereocenters. The third-order valence-electron chi connectivity index (χ3n) is 1.38. The molecule has 1 aromatic heterocycles. The van der Waals surface area contributed by atoms with Gasteiger partial charge in [-0.05, 0) is 12.1 Å². The van der Waals surface area contributed by atoms with E-state index >= 15 is 0 Å². The van der Waals surface area contributed by atoms with Crippen molar-refractivity contribution < 1.29 is 9.21 Å². The highest BCUT2D eigenvalue weighted by Crippen LogP contribution is 1.98. The molecule has 1 aromatic rings. The van der Waals surface area contributed by atoms with E-state index < -0.39 is 0 Å². The van der Waals surface area contributed by atoms with Gasteiger partial charge < -0.3 is 9.73 Å². The second kappa shape index (κ2) is 5.43. The molecule has 0 fully saturated rings. The molecule has 4 heteroatoms. The van der Waals surface area contributed by atoms with Gasteiger partial charge in [0.05, 0.1) is 6.26 Å². The second-order valence-corrected chi connectivity index (χ2v) is 2.62. The zero-order chi connectivity index (χ0) is 9.52. The fourth-order valence-electron chi connectivity index (χ4n) is 0.793. The molecule has 0 aromatic carbocycles. The summed E-state index contributed by atoms with van der Waals surface area (Å²) >= 11 is 5.40. The van der Waals surface area contributed by atoms with Crippen LogP contribution in [-0.2, 0) is 0 Å². The van der Waals surface area contributed by atoms with Crippen molar-refractivity contribution in [1.29, 1.82) is 0 Å². The molecule has 0 aliphatic heterocycles. The normalized spacial score (nSPS) is 10.5. The Kier molecular flexibility index (Phi) is 4.12. The van der Waals surface area contributed by atoms with Crippen molar-refractivity contribution in [2.75, 3.05) is 12.4 Å². The van der Waals surface area contributed by atoms with E-state index in [0.29, 0.717) is 18.2 Å². The predicted molar refractivity (Wildman–Crippen MR) is 50.9 cm³/mol. The zero-order valence-corrected chi connectivity index (χ0v) is 7.75. The lowest BCUT2D eigenvalue weighted by Crippen LogP contribution is -2.22. The number of carbonyl (C=O) groups is 1. The second-order valence-electron chi connectivity index (χ2n) is 2.31. The number of allylic oxidation sites excluding steroid dienone is 1. The number of rotatable bonds is 4. The Balaban J connectivity index is 2.31. The van der Waals surface area contributed by atoms with Crippen LogP contribution in [0.4, 0.5) is 0 Å². The van der Waals surface area contributed by atoms with E-state index in [-0.39, 0.29) is 5.91 Å². The van der Waals surface area contributed by atoms with Crippen LogP contribution < -0.4 is 5.32 Å². The smallest absolute Gasteiger partial charge is 0.287 e. The molecule has 1 heterocycles. The number of amides is 1. The SMILES string of the molecule is O=C(NC/C=C/CCl)c1ccco1. The summed E-state index contributed by atoms with van der Waals surface area (Å²) in [5, 5.41) is 2.64. The molecule has 0 saturated heterocycles. The number of alkyl halides is 1. The zero-order valence-electron chi connectivity index (χ0n) is 7.00. The maximum Gasteiger partial charge on any atom is 0.287 e. The minimum absolute atomic E-state index is 0.218. The van der Waals surface area contributed by atoms with E-state index in [4.69, 9.17) is 16.0 Å². The van der Waals surface area contributed by atoms with Gasteiger partial charge in [-0.25, -0.2) is 0 Å². The van der Waals surface area contributed by atoms with E-state index in [0.717, 1.165) is 0 Å². The van der Waals surface area contributed by atoms with Crippen molar-refractivity contribution in [3.63, 3.8) is 0 Å². The van der Waals surface area contributed by atoms with Gasteiger partial charge in [-0.2, -0.15) is 0 Å². The summed E-state index contributed by atoms with van der Waals surface area (Å²) in [6.07, 6.45) is 5.02. The van der Waals surface area contributed by atoms with Crippen LogP contribution in [0.3, 0.4) is 0 Å². The Hall–Kier alpha value is -1.22. The molecule has 0 aliphatic carbocycles. The van der Waals surface area contributed by atoms with Gasteiger partial charge in [0.25, 0.3) is 5.91 Å². The van der Waals surface area contributed by atoms with Crippen LogP contribution in [0.5, 0.6) is 0 Å². The third-order valence-corrected chi connectivity index (χ3v) is 1.56. The van der Waals surface area contributed by atoms with Crippen LogP contribution in [0.2, 0.25) is 0 Å². The highest BCUT2D eigenvalue weighted by atomic mass is 35.5. The number of hydrogen-bond donors (Lipinski definition) is 1. The first-order valence-electron chi connectivity index (χ1n) is 3.87. The molecule has 13 heavy (non-hydrogen) atoms. The first-order chi connectivity index (χ1) is 6.34. The molecule has 1 rings (SSSR count). The molecular formula is C9H10ClNO2. The fraction of sp³-hybridized carbons (Fsp3) is 0.222.